The van der Waals surface area contributed by atoms with E-state index in [-0.39, 0.29) is 0 Å². The van der Waals surface area contributed by atoms with Gasteiger partial charge in [-0.15, -0.1) is 0 Å². The van der Waals surface area contributed by atoms with Crippen molar-refractivity contribution in [1.29, 1.82) is 0 Å². The van der Waals surface area contributed by atoms with Crippen molar-refractivity contribution in [1.82, 2.24) is 0 Å². The maximum atomic E-state index is 4.39. The maximum absolute atomic E-state index is 4.39. The van der Waals surface area contributed by atoms with Gasteiger partial charge in [0.25, 0.3) is 0 Å². The van der Waals surface area contributed by atoms with Crippen molar-refractivity contribution in [2.45, 2.75) is 31.3 Å². The standard InChI is InChI=1S/C2H6S.2C2H5.Al/c1-2-3;2*1-2;/h3H,2H2,1H3;2*1H2,2H3;/q;;;+1/p-1. The Morgan fingerprint density at radius 3 is 1.38 bits per heavy atom. The Morgan fingerprint density at radius 1 is 1.12 bits per heavy atom. The fourth-order valence-electron chi connectivity index (χ4n) is 0.289. The minimum atomic E-state index is 0.815. The molecule has 0 spiro atoms. The van der Waals surface area contributed by atoms with Crippen LogP contribution in [0.25, 0.3) is 0 Å². The first-order valence-corrected chi connectivity index (χ1v) is 5.44. The van der Waals surface area contributed by atoms with Crippen LogP contribution < -0.4 is 0 Å². The van der Waals surface area contributed by atoms with Gasteiger partial charge < -0.3 is 12.6 Å². The van der Waals surface area contributed by atoms with Crippen LogP contribution in [0.15, 0.2) is 0 Å². The summed E-state index contributed by atoms with van der Waals surface area (Å²) < 4.78 is 0. The van der Waals surface area contributed by atoms with E-state index in [2.05, 4.69) is 26.5 Å². The topological polar surface area (TPSA) is 0 Å². The first kappa shape index (κ1) is 11.7. The predicted molar refractivity (Wildman–Crippen MR) is 44.6 cm³/mol. The van der Waals surface area contributed by atoms with Crippen LogP contribution >= 0.6 is 0 Å². The summed E-state index contributed by atoms with van der Waals surface area (Å²) in [7, 11) is 0. The summed E-state index contributed by atoms with van der Waals surface area (Å²) in [6, 6.07) is 0. The molecule has 0 unspecified atom stereocenters. The molecular formula is C6H15AlS. The second-order valence-corrected chi connectivity index (χ2v) is 4.18. The van der Waals surface area contributed by atoms with Gasteiger partial charge in [-0.05, 0) is 0 Å². The molecular weight excluding hydrogens is 131 g/mol. The summed E-state index contributed by atoms with van der Waals surface area (Å²) in [4.78, 5) is 0. The normalized spacial score (nSPS) is 6.50. The van der Waals surface area contributed by atoms with E-state index in [0.717, 1.165) is 21.0 Å². The molecule has 0 saturated heterocycles. The zero-order valence-electron chi connectivity index (χ0n) is 6.11. The fraction of sp³-hybridized carbons (Fsp3) is 1.00. The quantitative estimate of drug-likeness (QED) is 0.425. The van der Waals surface area contributed by atoms with Crippen LogP contribution in [-0.4, -0.2) is 21.0 Å². The summed E-state index contributed by atoms with van der Waals surface area (Å²) in [6.07, 6.45) is 0. The average Bonchev–Trinajstić information content (AvgIpc) is 1.71. The van der Waals surface area contributed by atoms with Crippen LogP contribution in [0, 0.1) is 0 Å². The third-order valence-corrected chi connectivity index (χ3v) is 1.73. The molecule has 0 fully saturated rings. The van der Waals surface area contributed by atoms with Crippen molar-refractivity contribution >= 4 is 27.8 Å². The van der Waals surface area contributed by atoms with Gasteiger partial charge >= 0.3 is 39.6 Å². The molecule has 0 rings (SSSR count). The third-order valence-electron chi connectivity index (χ3n) is 0.577. The first-order chi connectivity index (χ1) is 3.83. The van der Waals surface area contributed by atoms with E-state index in [1.165, 1.54) is 10.6 Å². The Labute approximate surface area is 65.2 Å². The van der Waals surface area contributed by atoms with Gasteiger partial charge in [-0.3, -0.25) is 0 Å². The molecule has 0 heterocycles. The Kier molecular flexibility index (Phi) is 22.8. The molecule has 0 amide bonds. The van der Waals surface area contributed by atoms with E-state index in [1.54, 1.807) is 0 Å². The first-order valence-electron chi connectivity index (χ1n) is 3.23. The molecule has 0 radical (unpaired) electrons. The molecule has 0 bridgehead atoms. The summed E-state index contributed by atoms with van der Waals surface area (Å²) in [5.74, 6) is 0.833. The van der Waals surface area contributed by atoms with Crippen molar-refractivity contribution < 1.29 is 0 Å². The van der Waals surface area contributed by atoms with Crippen LogP contribution in [0.2, 0.25) is 10.6 Å². The summed E-state index contributed by atoms with van der Waals surface area (Å²) in [5.41, 5.74) is 0. The van der Waals surface area contributed by atoms with Gasteiger partial charge in [0.1, 0.15) is 0 Å². The van der Waals surface area contributed by atoms with Crippen molar-refractivity contribution in [3.05, 3.63) is 0 Å². The van der Waals surface area contributed by atoms with E-state index < -0.39 is 0 Å². The third kappa shape index (κ3) is 28.7. The fourth-order valence-corrected chi connectivity index (χ4v) is 0.866. The Balaban J connectivity index is 0. The SMILES string of the molecule is CC[S-].C[CH2][Al+][CH2]C. The number of hydrogen-bond acceptors (Lipinski definition) is 1. The number of hydrogen-bond donors (Lipinski definition) is 0. The summed E-state index contributed by atoms with van der Waals surface area (Å²) in [5, 5.41) is 2.85. The van der Waals surface area contributed by atoms with Gasteiger partial charge in [0.15, 0.2) is 0 Å². The molecule has 8 heavy (non-hydrogen) atoms. The van der Waals surface area contributed by atoms with Crippen molar-refractivity contribution in [2.24, 2.45) is 0 Å². The van der Waals surface area contributed by atoms with Crippen molar-refractivity contribution in [3.63, 3.8) is 0 Å². The number of rotatable bonds is 2. The van der Waals surface area contributed by atoms with Crippen LogP contribution in [0.5, 0.6) is 0 Å². The Bertz CT molecular complexity index is 22.5. The monoisotopic (exact) mass is 146 g/mol. The van der Waals surface area contributed by atoms with Gasteiger partial charge in [0, 0.05) is 0 Å². The second-order valence-electron chi connectivity index (χ2n) is 1.39. The second kappa shape index (κ2) is 15.7. The van der Waals surface area contributed by atoms with E-state index in [0.29, 0.717) is 0 Å². The Hall–Kier alpha value is 0.882. The minimum absolute atomic E-state index is 0.815. The Morgan fingerprint density at radius 2 is 1.38 bits per heavy atom. The van der Waals surface area contributed by atoms with E-state index in [4.69, 9.17) is 0 Å². The molecule has 0 aromatic carbocycles. The molecule has 0 aliphatic carbocycles. The van der Waals surface area contributed by atoms with Gasteiger partial charge in [-0.25, -0.2) is 0 Å². The summed E-state index contributed by atoms with van der Waals surface area (Å²) >= 11 is 5.21. The van der Waals surface area contributed by atoms with E-state index in [1.807, 2.05) is 6.92 Å². The van der Waals surface area contributed by atoms with Crippen LogP contribution in [0.3, 0.4) is 0 Å². The molecule has 0 N–H and O–H groups in total. The van der Waals surface area contributed by atoms with Crippen LogP contribution in [0.4, 0.5) is 0 Å². The molecule has 0 aliphatic heterocycles. The summed E-state index contributed by atoms with van der Waals surface area (Å²) in [6.45, 7) is 6.44. The molecule has 0 nitrogen and oxygen atoms in total. The average molecular weight is 146 g/mol. The molecule has 0 atom stereocenters. The van der Waals surface area contributed by atoms with Gasteiger partial charge in [-0.1, -0.05) is 6.92 Å². The van der Waals surface area contributed by atoms with Gasteiger partial charge in [0.2, 0.25) is 0 Å². The van der Waals surface area contributed by atoms with Crippen LogP contribution in [0.1, 0.15) is 20.8 Å². The molecule has 0 aromatic rings. The van der Waals surface area contributed by atoms with Crippen molar-refractivity contribution in [3.8, 4) is 0 Å². The van der Waals surface area contributed by atoms with Crippen molar-refractivity contribution in [2.75, 3.05) is 5.75 Å². The molecule has 48 valence electrons. The predicted octanol–water partition coefficient (Wildman–Crippen LogP) is 2.12. The molecule has 0 aliphatic rings. The zero-order chi connectivity index (χ0) is 6.83. The van der Waals surface area contributed by atoms with E-state index in [9.17, 15) is 0 Å². The van der Waals surface area contributed by atoms with Gasteiger partial charge in [-0.2, -0.15) is 5.75 Å². The van der Waals surface area contributed by atoms with Gasteiger partial charge in [0.05, 0.1) is 0 Å². The van der Waals surface area contributed by atoms with Crippen LogP contribution in [-0.2, 0) is 12.6 Å². The molecule has 0 saturated carbocycles. The molecule has 2 heteroatoms. The van der Waals surface area contributed by atoms with E-state index >= 15 is 0 Å². The zero-order valence-corrected chi connectivity index (χ0v) is 8.08. The molecule has 0 aromatic heterocycles.